The second-order valence-corrected chi connectivity index (χ2v) is 4.87. The second kappa shape index (κ2) is 8.44. The number of carbonyl (C=O) groups excluding carboxylic acids is 1. The Morgan fingerprint density at radius 3 is 3.05 bits per heavy atom. The summed E-state index contributed by atoms with van der Waals surface area (Å²) < 4.78 is 10.4. The zero-order valence-corrected chi connectivity index (χ0v) is 12.4. The lowest BCUT2D eigenvalue weighted by atomic mass is 10.1. The van der Waals surface area contributed by atoms with Gasteiger partial charge in [0.1, 0.15) is 12.4 Å². The molecule has 0 spiro atoms. The minimum atomic E-state index is -0.0772. The number of hydrogen-bond donors (Lipinski definition) is 2. The first kappa shape index (κ1) is 15.5. The second-order valence-electron chi connectivity index (χ2n) is 4.87. The van der Waals surface area contributed by atoms with Crippen LogP contribution in [0.4, 0.5) is 0 Å². The topological polar surface area (TPSA) is 59.6 Å². The molecule has 0 unspecified atom stereocenters. The molecule has 2 N–H and O–H groups in total. The first-order valence-corrected chi connectivity index (χ1v) is 7.18. The zero-order chi connectivity index (χ0) is 14.9. The van der Waals surface area contributed by atoms with E-state index >= 15 is 0 Å². The Hall–Kier alpha value is -1.85. The van der Waals surface area contributed by atoms with Gasteiger partial charge >= 0.3 is 0 Å². The number of methoxy groups -OCH3 is 1. The molecule has 2 rings (SSSR count). The highest BCUT2D eigenvalue weighted by Gasteiger charge is 2.08. The summed E-state index contributed by atoms with van der Waals surface area (Å²) in [4.78, 5) is 12.1. The molecule has 1 aliphatic rings. The molecule has 0 saturated heterocycles. The summed E-state index contributed by atoms with van der Waals surface area (Å²) >= 11 is 0. The summed E-state index contributed by atoms with van der Waals surface area (Å²) in [5, 5.41) is 6.20. The van der Waals surface area contributed by atoms with Crippen LogP contribution in [0.15, 0.2) is 35.9 Å². The SMILES string of the molecule is COCCOc1cccc(C(=O)NCC2=CCNCC2)c1. The van der Waals surface area contributed by atoms with Gasteiger partial charge in [-0.1, -0.05) is 17.7 Å². The molecule has 0 fully saturated rings. The molecular formula is C16H22N2O3. The number of hydrogen-bond acceptors (Lipinski definition) is 4. The first-order chi connectivity index (χ1) is 10.3. The molecule has 0 atom stereocenters. The van der Waals surface area contributed by atoms with Crippen LogP contribution in [0.1, 0.15) is 16.8 Å². The van der Waals surface area contributed by atoms with Crippen molar-refractivity contribution in [2.45, 2.75) is 6.42 Å². The Morgan fingerprint density at radius 1 is 1.38 bits per heavy atom. The monoisotopic (exact) mass is 290 g/mol. The van der Waals surface area contributed by atoms with Gasteiger partial charge in [0.2, 0.25) is 0 Å². The molecule has 1 heterocycles. The van der Waals surface area contributed by atoms with Crippen LogP contribution < -0.4 is 15.4 Å². The van der Waals surface area contributed by atoms with Crippen molar-refractivity contribution >= 4 is 5.91 Å². The van der Waals surface area contributed by atoms with E-state index in [4.69, 9.17) is 9.47 Å². The maximum Gasteiger partial charge on any atom is 0.251 e. The summed E-state index contributed by atoms with van der Waals surface area (Å²) in [6.45, 7) is 3.47. The molecule has 5 heteroatoms. The fraction of sp³-hybridized carbons (Fsp3) is 0.438. The maximum atomic E-state index is 12.1. The van der Waals surface area contributed by atoms with Crippen molar-refractivity contribution < 1.29 is 14.3 Å². The molecule has 0 aromatic heterocycles. The van der Waals surface area contributed by atoms with Crippen LogP contribution in [0.25, 0.3) is 0 Å². The van der Waals surface area contributed by atoms with Crippen molar-refractivity contribution in [2.24, 2.45) is 0 Å². The standard InChI is InChI=1S/C16H22N2O3/c1-20-9-10-21-15-4-2-3-14(11-15)16(19)18-12-13-5-7-17-8-6-13/h2-5,11,17H,6-10,12H2,1H3,(H,18,19). The van der Waals surface area contributed by atoms with Gasteiger partial charge in [-0.05, 0) is 31.2 Å². The fourth-order valence-corrected chi connectivity index (χ4v) is 2.10. The van der Waals surface area contributed by atoms with E-state index in [2.05, 4.69) is 16.7 Å². The van der Waals surface area contributed by atoms with E-state index in [9.17, 15) is 4.79 Å². The van der Waals surface area contributed by atoms with Crippen LogP contribution in [0, 0.1) is 0 Å². The quantitative estimate of drug-likeness (QED) is 0.588. The third kappa shape index (κ3) is 5.21. The van der Waals surface area contributed by atoms with E-state index in [0.29, 0.717) is 31.1 Å². The van der Waals surface area contributed by atoms with Gasteiger partial charge in [0.05, 0.1) is 6.61 Å². The number of ether oxygens (including phenoxy) is 2. The van der Waals surface area contributed by atoms with Crippen LogP contribution in [0.3, 0.4) is 0 Å². The number of rotatable bonds is 7. The molecule has 114 valence electrons. The average molecular weight is 290 g/mol. The molecule has 1 aromatic carbocycles. The van der Waals surface area contributed by atoms with Crippen molar-refractivity contribution in [3.05, 3.63) is 41.5 Å². The number of nitrogens with one attached hydrogen (secondary N) is 2. The molecular weight excluding hydrogens is 268 g/mol. The highest BCUT2D eigenvalue weighted by molar-refractivity contribution is 5.94. The highest BCUT2D eigenvalue weighted by Crippen LogP contribution is 2.13. The van der Waals surface area contributed by atoms with Crippen molar-refractivity contribution in [3.63, 3.8) is 0 Å². The largest absolute Gasteiger partial charge is 0.491 e. The van der Waals surface area contributed by atoms with Crippen molar-refractivity contribution in [1.82, 2.24) is 10.6 Å². The van der Waals surface area contributed by atoms with Gasteiger partial charge in [0, 0.05) is 25.8 Å². The first-order valence-electron chi connectivity index (χ1n) is 7.18. The van der Waals surface area contributed by atoms with Gasteiger partial charge < -0.3 is 20.1 Å². The third-order valence-corrected chi connectivity index (χ3v) is 3.29. The molecule has 0 aliphatic carbocycles. The zero-order valence-electron chi connectivity index (χ0n) is 12.4. The van der Waals surface area contributed by atoms with Crippen LogP contribution in [0.5, 0.6) is 5.75 Å². The molecule has 0 bridgehead atoms. The molecule has 21 heavy (non-hydrogen) atoms. The van der Waals surface area contributed by atoms with E-state index in [1.54, 1.807) is 19.2 Å². The molecule has 1 amide bonds. The molecule has 0 radical (unpaired) electrons. The Morgan fingerprint density at radius 2 is 2.29 bits per heavy atom. The smallest absolute Gasteiger partial charge is 0.251 e. The van der Waals surface area contributed by atoms with Gasteiger partial charge in [-0.15, -0.1) is 0 Å². The Balaban J connectivity index is 1.86. The Bertz CT molecular complexity index is 500. The lowest BCUT2D eigenvalue weighted by Gasteiger charge is -2.14. The van der Waals surface area contributed by atoms with Crippen LogP contribution in [-0.2, 0) is 4.74 Å². The fourth-order valence-electron chi connectivity index (χ4n) is 2.10. The van der Waals surface area contributed by atoms with E-state index in [0.717, 1.165) is 19.5 Å². The van der Waals surface area contributed by atoms with Crippen molar-refractivity contribution in [1.29, 1.82) is 0 Å². The average Bonchev–Trinajstić information content (AvgIpc) is 2.54. The van der Waals surface area contributed by atoms with Gasteiger partial charge in [-0.3, -0.25) is 4.79 Å². The van der Waals surface area contributed by atoms with Crippen LogP contribution in [-0.4, -0.2) is 45.9 Å². The lowest BCUT2D eigenvalue weighted by Crippen LogP contribution is -2.29. The molecule has 5 nitrogen and oxygen atoms in total. The van der Waals surface area contributed by atoms with Gasteiger partial charge in [-0.2, -0.15) is 0 Å². The third-order valence-electron chi connectivity index (χ3n) is 3.29. The summed E-state index contributed by atoms with van der Waals surface area (Å²) in [5.74, 6) is 0.604. The molecule has 0 saturated carbocycles. The summed E-state index contributed by atoms with van der Waals surface area (Å²) in [7, 11) is 1.63. The molecule has 1 aromatic rings. The van der Waals surface area contributed by atoms with Crippen molar-refractivity contribution in [2.75, 3.05) is 40.0 Å². The van der Waals surface area contributed by atoms with E-state index in [1.807, 2.05) is 12.1 Å². The Labute approximate surface area is 125 Å². The van der Waals surface area contributed by atoms with E-state index in [-0.39, 0.29) is 5.91 Å². The number of amides is 1. The van der Waals surface area contributed by atoms with E-state index < -0.39 is 0 Å². The molecule has 1 aliphatic heterocycles. The minimum absolute atomic E-state index is 0.0772. The van der Waals surface area contributed by atoms with Gasteiger partial charge in [-0.25, -0.2) is 0 Å². The predicted molar refractivity (Wildman–Crippen MR) is 81.7 cm³/mol. The van der Waals surface area contributed by atoms with Crippen LogP contribution >= 0.6 is 0 Å². The minimum Gasteiger partial charge on any atom is -0.491 e. The number of benzene rings is 1. The summed E-state index contributed by atoms with van der Waals surface area (Å²) in [5.41, 5.74) is 1.88. The predicted octanol–water partition coefficient (Wildman–Crippen LogP) is 1.36. The highest BCUT2D eigenvalue weighted by atomic mass is 16.5. The Kier molecular flexibility index (Phi) is 6.24. The van der Waals surface area contributed by atoms with Gasteiger partial charge in [0.25, 0.3) is 5.91 Å². The van der Waals surface area contributed by atoms with E-state index in [1.165, 1.54) is 5.57 Å². The van der Waals surface area contributed by atoms with Gasteiger partial charge in [0.15, 0.2) is 0 Å². The summed E-state index contributed by atoms with van der Waals surface area (Å²) in [6.07, 6.45) is 3.12. The normalized spacial score (nSPS) is 14.4. The van der Waals surface area contributed by atoms with Crippen molar-refractivity contribution in [3.8, 4) is 5.75 Å². The lowest BCUT2D eigenvalue weighted by molar-refractivity contribution is 0.0956. The maximum absolute atomic E-state index is 12.1. The summed E-state index contributed by atoms with van der Waals surface area (Å²) in [6, 6.07) is 7.19. The van der Waals surface area contributed by atoms with Crippen LogP contribution in [0.2, 0.25) is 0 Å². The number of carbonyl (C=O) groups is 1.